The van der Waals surface area contributed by atoms with Crippen LogP contribution >= 0.6 is 11.6 Å². The lowest BCUT2D eigenvalue weighted by atomic mass is 10.1. The normalized spacial score (nSPS) is 10.1. The summed E-state index contributed by atoms with van der Waals surface area (Å²) in [6.45, 7) is -0.226. The lowest BCUT2D eigenvalue weighted by Gasteiger charge is -2.08. The number of carbonyl (C=O) groups is 3. The van der Waals surface area contributed by atoms with Crippen LogP contribution < -0.4 is 15.8 Å². The lowest BCUT2D eigenvalue weighted by molar-refractivity contribution is -0.124. The van der Waals surface area contributed by atoms with Crippen LogP contribution in [0.4, 0.5) is 0 Å². The van der Waals surface area contributed by atoms with Crippen molar-refractivity contribution in [3.8, 4) is 5.75 Å². The van der Waals surface area contributed by atoms with Crippen LogP contribution in [0.5, 0.6) is 5.75 Å². The molecule has 0 aromatic heterocycles. The summed E-state index contributed by atoms with van der Waals surface area (Å²) < 4.78 is 10.1. The van der Waals surface area contributed by atoms with Gasteiger partial charge in [0.25, 0.3) is 11.8 Å². The number of esters is 1. The largest absolute Gasteiger partial charge is 0.484 e. The van der Waals surface area contributed by atoms with Gasteiger partial charge in [0.15, 0.2) is 13.2 Å². The predicted molar refractivity (Wildman–Crippen MR) is 99.6 cm³/mol. The van der Waals surface area contributed by atoms with Crippen molar-refractivity contribution < 1.29 is 23.9 Å². The number of hydrogen-bond acceptors (Lipinski definition) is 5. The van der Waals surface area contributed by atoms with Crippen LogP contribution in [0, 0.1) is 0 Å². The Labute approximate surface area is 161 Å². The van der Waals surface area contributed by atoms with Crippen molar-refractivity contribution >= 4 is 29.4 Å². The minimum atomic E-state index is -0.638. The molecule has 0 heterocycles. The van der Waals surface area contributed by atoms with Crippen LogP contribution in [0.3, 0.4) is 0 Å². The number of amides is 2. The molecule has 0 saturated heterocycles. The zero-order chi connectivity index (χ0) is 19.6. The van der Waals surface area contributed by atoms with E-state index in [0.717, 1.165) is 5.56 Å². The first-order chi connectivity index (χ1) is 12.9. The second-order valence-electron chi connectivity index (χ2n) is 5.59. The Morgan fingerprint density at radius 3 is 2.44 bits per heavy atom. The van der Waals surface area contributed by atoms with Gasteiger partial charge in [-0.3, -0.25) is 9.59 Å². The zero-order valence-corrected chi connectivity index (χ0v) is 15.2. The van der Waals surface area contributed by atoms with Gasteiger partial charge in [0.05, 0.1) is 5.56 Å². The second kappa shape index (κ2) is 10.2. The standard InChI is InChI=1S/C19H19ClN2O5/c20-15-3-1-2-13(10-15)8-9-22-18(24)12-27-19(25)14-4-6-16(7-5-14)26-11-17(21)23/h1-7,10H,8-9,11-12H2,(H2,21,23)(H,22,24). The van der Waals surface area contributed by atoms with Crippen molar-refractivity contribution in [2.45, 2.75) is 6.42 Å². The van der Waals surface area contributed by atoms with E-state index in [1.807, 2.05) is 18.2 Å². The van der Waals surface area contributed by atoms with Crippen molar-refractivity contribution in [2.24, 2.45) is 5.73 Å². The molecule has 27 heavy (non-hydrogen) atoms. The molecule has 0 spiro atoms. The number of primary amides is 1. The van der Waals surface area contributed by atoms with Crippen LogP contribution in [-0.4, -0.2) is 37.5 Å². The number of carbonyl (C=O) groups excluding carboxylic acids is 3. The van der Waals surface area contributed by atoms with Gasteiger partial charge in [-0.05, 0) is 48.4 Å². The molecular weight excluding hydrogens is 372 g/mol. The molecule has 7 nitrogen and oxygen atoms in total. The van der Waals surface area contributed by atoms with Gasteiger partial charge in [0, 0.05) is 11.6 Å². The first-order valence-electron chi connectivity index (χ1n) is 8.13. The van der Waals surface area contributed by atoms with Gasteiger partial charge in [0.1, 0.15) is 5.75 Å². The smallest absolute Gasteiger partial charge is 0.338 e. The average molecular weight is 391 g/mol. The Bertz CT molecular complexity index is 808. The Morgan fingerprint density at radius 2 is 1.78 bits per heavy atom. The van der Waals surface area contributed by atoms with Gasteiger partial charge in [-0.15, -0.1) is 0 Å². The molecule has 2 aromatic carbocycles. The van der Waals surface area contributed by atoms with E-state index in [1.54, 1.807) is 6.07 Å². The molecule has 0 unspecified atom stereocenters. The van der Waals surface area contributed by atoms with Crippen LogP contribution in [0.15, 0.2) is 48.5 Å². The minimum absolute atomic E-state index is 0.251. The summed E-state index contributed by atoms with van der Waals surface area (Å²) in [5, 5.41) is 3.31. The van der Waals surface area contributed by atoms with E-state index in [9.17, 15) is 14.4 Å². The van der Waals surface area contributed by atoms with E-state index in [2.05, 4.69) is 5.32 Å². The fraction of sp³-hybridized carbons (Fsp3) is 0.211. The average Bonchev–Trinajstić information content (AvgIpc) is 2.65. The molecule has 142 valence electrons. The number of nitrogens with one attached hydrogen (secondary N) is 1. The summed E-state index contributed by atoms with van der Waals surface area (Å²) in [6.07, 6.45) is 0.618. The number of nitrogens with two attached hydrogens (primary N) is 1. The van der Waals surface area contributed by atoms with Crippen molar-refractivity contribution in [1.29, 1.82) is 0 Å². The van der Waals surface area contributed by atoms with Crippen molar-refractivity contribution in [3.05, 3.63) is 64.7 Å². The maximum absolute atomic E-state index is 11.9. The van der Waals surface area contributed by atoms with Gasteiger partial charge in [-0.2, -0.15) is 0 Å². The maximum Gasteiger partial charge on any atom is 0.338 e. The number of rotatable bonds is 9. The van der Waals surface area contributed by atoms with E-state index in [4.69, 9.17) is 26.8 Å². The first-order valence-corrected chi connectivity index (χ1v) is 8.51. The highest BCUT2D eigenvalue weighted by molar-refractivity contribution is 6.30. The molecular formula is C19H19ClN2O5. The van der Waals surface area contributed by atoms with Gasteiger partial charge < -0.3 is 20.5 Å². The summed E-state index contributed by atoms with van der Waals surface area (Å²) in [5.74, 6) is -1.24. The molecule has 0 saturated carbocycles. The predicted octanol–water partition coefficient (Wildman–Crippen LogP) is 1.72. The maximum atomic E-state index is 11.9. The van der Waals surface area contributed by atoms with Crippen LogP contribution in [0.25, 0.3) is 0 Å². The first kappa shape index (κ1) is 20.3. The Balaban J connectivity index is 1.71. The summed E-state index contributed by atoms with van der Waals surface area (Å²) in [6, 6.07) is 13.3. The van der Waals surface area contributed by atoms with Gasteiger partial charge in [0.2, 0.25) is 0 Å². The van der Waals surface area contributed by atoms with Gasteiger partial charge >= 0.3 is 5.97 Å². The Hall–Kier alpha value is -3.06. The van der Waals surface area contributed by atoms with Crippen molar-refractivity contribution in [2.75, 3.05) is 19.8 Å². The van der Waals surface area contributed by atoms with E-state index >= 15 is 0 Å². The topological polar surface area (TPSA) is 108 Å². The summed E-state index contributed by atoms with van der Waals surface area (Å²) >= 11 is 5.90. The van der Waals surface area contributed by atoms with Gasteiger partial charge in [-0.1, -0.05) is 23.7 Å². The molecule has 0 aliphatic carbocycles. The molecule has 0 radical (unpaired) electrons. The van der Waals surface area contributed by atoms with Crippen molar-refractivity contribution in [3.63, 3.8) is 0 Å². The van der Waals surface area contributed by atoms with E-state index in [1.165, 1.54) is 24.3 Å². The fourth-order valence-electron chi connectivity index (χ4n) is 2.15. The molecule has 2 aromatic rings. The van der Waals surface area contributed by atoms with Crippen LogP contribution in [0.1, 0.15) is 15.9 Å². The monoisotopic (exact) mass is 390 g/mol. The summed E-state index contributed by atoms with van der Waals surface area (Å²) in [4.78, 5) is 34.3. The fourth-order valence-corrected chi connectivity index (χ4v) is 2.36. The van der Waals surface area contributed by atoms with E-state index in [-0.39, 0.29) is 18.8 Å². The van der Waals surface area contributed by atoms with Gasteiger partial charge in [-0.25, -0.2) is 4.79 Å². The molecule has 0 atom stereocenters. The number of halogens is 1. The molecule has 0 aliphatic rings. The third kappa shape index (κ3) is 7.37. The molecule has 0 aliphatic heterocycles. The second-order valence-corrected chi connectivity index (χ2v) is 6.02. The molecule has 2 rings (SSSR count). The third-order valence-corrected chi connectivity index (χ3v) is 3.67. The van der Waals surface area contributed by atoms with Crippen LogP contribution in [0.2, 0.25) is 5.02 Å². The van der Waals surface area contributed by atoms with E-state index < -0.39 is 17.8 Å². The highest BCUT2D eigenvalue weighted by Gasteiger charge is 2.10. The third-order valence-electron chi connectivity index (χ3n) is 3.43. The quantitative estimate of drug-likeness (QED) is 0.634. The summed E-state index contributed by atoms with van der Waals surface area (Å²) in [5.41, 5.74) is 6.23. The molecule has 0 bridgehead atoms. The minimum Gasteiger partial charge on any atom is -0.484 e. The van der Waals surface area contributed by atoms with Crippen molar-refractivity contribution in [1.82, 2.24) is 5.32 Å². The number of hydrogen-bond donors (Lipinski definition) is 2. The molecule has 0 fully saturated rings. The molecule has 3 N–H and O–H groups in total. The molecule has 2 amide bonds. The summed E-state index contributed by atoms with van der Waals surface area (Å²) in [7, 11) is 0. The van der Waals surface area contributed by atoms with E-state index in [0.29, 0.717) is 23.7 Å². The van der Waals surface area contributed by atoms with Crippen LogP contribution in [-0.2, 0) is 20.7 Å². The molecule has 8 heteroatoms. The Kier molecular flexibility index (Phi) is 7.63. The zero-order valence-electron chi connectivity index (χ0n) is 14.4. The highest BCUT2D eigenvalue weighted by atomic mass is 35.5. The number of benzene rings is 2. The highest BCUT2D eigenvalue weighted by Crippen LogP contribution is 2.13. The lowest BCUT2D eigenvalue weighted by Crippen LogP contribution is -2.30. The Morgan fingerprint density at radius 1 is 1.04 bits per heavy atom. The SMILES string of the molecule is NC(=O)COc1ccc(C(=O)OCC(=O)NCCc2cccc(Cl)c2)cc1. The number of ether oxygens (including phenoxy) is 2.